The van der Waals surface area contributed by atoms with Gasteiger partial charge in [-0.3, -0.25) is 0 Å². The first-order valence-electron chi connectivity index (χ1n) is 20.7. The van der Waals surface area contributed by atoms with Crippen molar-refractivity contribution in [3.63, 3.8) is 0 Å². The fourth-order valence-corrected chi connectivity index (χ4v) is 10.4. The van der Waals surface area contributed by atoms with E-state index in [-0.39, 0.29) is 10.8 Å². The van der Waals surface area contributed by atoms with Crippen molar-refractivity contribution in [2.75, 3.05) is 18.5 Å². The Hall–Kier alpha value is -5.60. The van der Waals surface area contributed by atoms with Gasteiger partial charge >= 0.3 is 0 Å². The van der Waals surface area contributed by atoms with Crippen molar-refractivity contribution in [2.24, 2.45) is 0 Å². The van der Waals surface area contributed by atoms with Crippen LogP contribution in [0.5, 0.6) is 5.75 Å². The molecule has 7 aromatic rings. The minimum atomic E-state index is -0.845. The van der Waals surface area contributed by atoms with Gasteiger partial charge in [-0.25, -0.2) is 0 Å². The lowest BCUT2D eigenvalue weighted by molar-refractivity contribution is 0.163. The highest BCUT2D eigenvalue weighted by Crippen LogP contribution is 2.59. The third kappa shape index (κ3) is 5.01. The number of nitrogens with zero attached hydrogens (tertiary/aromatic N) is 1. The van der Waals surface area contributed by atoms with Crippen molar-refractivity contribution >= 4 is 33.3 Å². The predicted octanol–water partition coefficient (Wildman–Crippen LogP) is 14.0. The van der Waals surface area contributed by atoms with Gasteiger partial charge in [-0.1, -0.05) is 157 Å². The molecule has 0 bridgehead atoms. The Morgan fingerprint density at radius 2 is 1.25 bits per heavy atom. The molecule has 1 unspecified atom stereocenters. The molecule has 2 aliphatic carbocycles. The van der Waals surface area contributed by atoms with Crippen molar-refractivity contribution in [1.82, 2.24) is 0 Å². The van der Waals surface area contributed by atoms with Crippen LogP contribution in [0.25, 0.3) is 49.9 Å². The van der Waals surface area contributed by atoms with Gasteiger partial charge < -0.3 is 9.64 Å². The number of benzene rings is 7. The quantitative estimate of drug-likeness (QED) is 0.144. The Balaban J connectivity index is 1.16. The summed E-state index contributed by atoms with van der Waals surface area (Å²) in [6.45, 7) is 12.9. The second kappa shape index (κ2) is 12.7. The number of rotatable bonds is 8. The highest BCUT2D eigenvalue weighted by atomic mass is 16.5. The van der Waals surface area contributed by atoms with Crippen LogP contribution in [0.4, 0.5) is 5.69 Å². The molecular formula is C54H51NO. The molecular weight excluding hydrogens is 679 g/mol. The summed E-state index contributed by atoms with van der Waals surface area (Å²) in [6, 6.07) is 47.8. The van der Waals surface area contributed by atoms with Gasteiger partial charge in [-0.2, -0.15) is 0 Å². The first kappa shape index (κ1) is 34.9. The summed E-state index contributed by atoms with van der Waals surface area (Å²) in [5, 5.41) is 4.98. The van der Waals surface area contributed by atoms with Gasteiger partial charge in [0.05, 0.1) is 0 Å². The largest absolute Gasteiger partial charge is 0.472 e. The van der Waals surface area contributed by atoms with Crippen LogP contribution >= 0.6 is 0 Å². The summed E-state index contributed by atoms with van der Waals surface area (Å²) in [5.41, 5.74) is 14.3. The average molecular weight is 730 g/mol. The Labute approximate surface area is 332 Å². The molecule has 0 saturated carbocycles. The van der Waals surface area contributed by atoms with Gasteiger partial charge in [0.15, 0.2) is 5.60 Å². The topological polar surface area (TPSA) is 12.5 Å². The molecule has 2 heteroatoms. The zero-order valence-corrected chi connectivity index (χ0v) is 33.7. The van der Waals surface area contributed by atoms with Crippen LogP contribution in [0.3, 0.4) is 0 Å². The molecule has 0 aromatic heterocycles. The van der Waals surface area contributed by atoms with Gasteiger partial charge in [0.25, 0.3) is 0 Å². The molecule has 0 N–H and O–H groups in total. The van der Waals surface area contributed by atoms with Crippen LogP contribution in [0.1, 0.15) is 99.2 Å². The zero-order chi connectivity index (χ0) is 38.4. The van der Waals surface area contributed by atoms with E-state index in [2.05, 4.69) is 186 Å². The highest BCUT2D eigenvalue weighted by molar-refractivity contribution is 6.08. The molecule has 2 nitrogen and oxygen atoms in total. The molecule has 7 aromatic carbocycles. The van der Waals surface area contributed by atoms with Crippen LogP contribution < -0.4 is 9.64 Å². The number of hydrogen-bond donors (Lipinski definition) is 0. The van der Waals surface area contributed by atoms with Crippen molar-refractivity contribution in [1.29, 1.82) is 0 Å². The van der Waals surface area contributed by atoms with Gasteiger partial charge in [-0.15, -0.1) is 0 Å². The molecule has 1 aliphatic heterocycles. The minimum absolute atomic E-state index is 0.171. The summed E-state index contributed by atoms with van der Waals surface area (Å²) in [4.78, 5) is 2.40. The SMILES string of the molecule is CCCCCCN(C)c1ccc(C2(c3ccc4c(c3)C(C)(C)c3cc5ccccc5cc3-4)C=Cc3c4c(c5ccccc5c3O2)-c2ccccc2C4(C)C)cc1. The fourth-order valence-electron chi connectivity index (χ4n) is 10.4. The van der Waals surface area contributed by atoms with E-state index in [0.29, 0.717) is 0 Å². The number of hydrogen-bond acceptors (Lipinski definition) is 2. The maximum atomic E-state index is 7.78. The molecule has 0 spiro atoms. The smallest absolute Gasteiger partial charge is 0.178 e. The molecule has 56 heavy (non-hydrogen) atoms. The Bertz CT molecular complexity index is 2730. The van der Waals surface area contributed by atoms with Crippen LogP contribution in [0, 0.1) is 0 Å². The fraction of sp³-hybridized carbons (Fsp3) is 0.259. The third-order valence-electron chi connectivity index (χ3n) is 13.5. The third-order valence-corrected chi connectivity index (χ3v) is 13.5. The van der Waals surface area contributed by atoms with Gasteiger partial charge in [-0.05, 0) is 103 Å². The number of unbranched alkanes of at least 4 members (excludes halogenated alkanes) is 3. The van der Waals surface area contributed by atoms with E-state index in [0.717, 1.165) is 28.8 Å². The average Bonchev–Trinajstić information content (AvgIpc) is 3.60. The van der Waals surface area contributed by atoms with E-state index >= 15 is 0 Å². The summed E-state index contributed by atoms with van der Waals surface area (Å²) in [7, 11) is 2.22. The van der Waals surface area contributed by atoms with Gasteiger partial charge in [0, 0.05) is 52.2 Å². The van der Waals surface area contributed by atoms with Crippen LogP contribution in [0.2, 0.25) is 0 Å². The zero-order valence-electron chi connectivity index (χ0n) is 33.7. The number of ether oxygens (including phenoxy) is 1. The van der Waals surface area contributed by atoms with Crippen LogP contribution in [-0.2, 0) is 16.4 Å². The summed E-state index contributed by atoms with van der Waals surface area (Å²) >= 11 is 0. The standard InChI is InChI=1S/C54H51NO/c1-7-8-9-16-31-55(6)39-26-23-37(24-27-39)54(38-25-28-40-45-32-35-17-10-11-18-36(35)33-47(45)52(2,3)48(40)34-38)30-29-44-50-49(41-19-12-13-20-42(41)51(44)56-54)43-21-14-15-22-46(43)53(50,4)5/h10-15,17-30,32-34H,7-9,16,31H2,1-6H3. The highest BCUT2D eigenvalue weighted by Gasteiger charge is 2.45. The van der Waals surface area contributed by atoms with E-state index < -0.39 is 5.60 Å². The van der Waals surface area contributed by atoms with E-state index in [1.54, 1.807) is 0 Å². The Morgan fingerprint density at radius 3 is 2.04 bits per heavy atom. The Kier molecular flexibility index (Phi) is 7.91. The summed E-state index contributed by atoms with van der Waals surface area (Å²) in [5.74, 6) is 0.967. The first-order chi connectivity index (χ1) is 27.1. The Morgan fingerprint density at radius 1 is 0.571 bits per heavy atom. The monoisotopic (exact) mass is 729 g/mol. The molecule has 0 fully saturated rings. The minimum Gasteiger partial charge on any atom is -0.472 e. The van der Waals surface area contributed by atoms with Crippen LogP contribution in [0.15, 0.2) is 133 Å². The maximum absolute atomic E-state index is 7.78. The maximum Gasteiger partial charge on any atom is 0.178 e. The second-order valence-electron chi connectivity index (χ2n) is 17.5. The first-order valence-corrected chi connectivity index (χ1v) is 20.7. The lowest BCUT2D eigenvalue weighted by Crippen LogP contribution is -2.35. The molecule has 0 radical (unpaired) electrons. The molecule has 1 heterocycles. The number of anilines is 1. The van der Waals surface area contributed by atoms with Gasteiger partial charge in [0.1, 0.15) is 5.75 Å². The van der Waals surface area contributed by atoms with E-state index in [4.69, 9.17) is 4.74 Å². The lowest BCUT2D eigenvalue weighted by Gasteiger charge is -2.39. The molecule has 0 saturated heterocycles. The molecule has 278 valence electrons. The van der Waals surface area contributed by atoms with E-state index in [1.807, 2.05) is 0 Å². The van der Waals surface area contributed by atoms with Crippen molar-refractivity contribution < 1.29 is 4.74 Å². The predicted molar refractivity (Wildman–Crippen MR) is 237 cm³/mol. The van der Waals surface area contributed by atoms with Crippen LogP contribution in [-0.4, -0.2) is 13.6 Å². The van der Waals surface area contributed by atoms with E-state index in [9.17, 15) is 0 Å². The molecule has 3 aliphatic rings. The normalized spacial score (nSPS) is 17.9. The number of fused-ring (bicyclic) bond motifs is 12. The van der Waals surface area contributed by atoms with Gasteiger partial charge in [0.2, 0.25) is 0 Å². The van der Waals surface area contributed by atoms with E-state index in [1.165, 1.54) is 97.6 Å². The molecule has 0 amide bonds. The molecule has 10 rings (SSSR count). The van der Waals surface area contributed by atoms with Crippen molar-refractivity contribution in [2.45, 2.75) is 76.7 Å². The van der Waals surface area contributed by atoms with Crippen molar-refractivity contribution in [3.05, 3.63) is 172 Å². The summed E-state index contributed by atoms with van der Waals surface area (Å²) < 4.78 is 7.78. The van der Waals surface area contributed by atoms with Crippen molar-refractivity contribution in [3.8, 4) is 28.0 Å². The lowest BCUT2D eigenvalue weighted by atomic mass is 9.75. The molecule has 1 atom stereocenters. The second-order valence-corrected chi connectivity index (χ2v) is 17.5. The summed E-state index contributed by atoms with van der Waals surface area (Å²) in [6.07, 6.45) is 9.78.